The number of amides is 2. The number of para-hydroxylation sites is 2. The summed E-state index contributed by atoms with van der Waals surface area (Å²) in [6.45, 7) is 0. The average molecular weight is 669 g/mol. The molecule has 0 atom stereocenters. The van der Waals surface area contributed by atoms with Crippen molar-refractivity contribution in [1.29, 1.82) is 0 Å². The summed E-state index contributed by atoms with van der Waals surface area (Å²) < 4.78 is 0. The molecule has 6 nitrogen and oxygen atoms in total. The minimum atomic E-state index is -0.781. The maximum absolute atomic E-state index is 12.0. The van der Waals surface area contributed by atoms with E-state index in [1.54, 1.807) is 48.5 Å². The number of hydroxylamine groups is 2. The monoisotopic (exact) mass is 666 g/mol. The fourth-order valence-electron chi connectivity index (χ4n) is 2.97. The molecule has 4 aromatic carbocycles. The molecule has 192 valence electrons. The Hall–Kier alpha value is -2.44. The number of benzene rings is 4. The van der Waals surface area contributed by atoms with Crippen molar-refractivity contribution in [3.05, 3.63) is 139 Å². The van der Waals surface area contributed by atoms with E-state index in [0.717, 1.165) is 0 Å². The molecule has 0 aliphatic heterocycles. The first kappa shape index (κ1) is 30.8. The van der Waals surface area contributed by atoms with E-state index in [-0.39, 0.29) is 73.1 Å². The molecule has 0 unspecified atom stereocenters. The van der Waals surface area contributed by atoms with Gasteiger partial charge in [0.1, 0.15) is 0 Å². The number of anilines is 2. The molecule has 0 spiro atoms. The number of nitrogens with zero attached hydrogens (tertiary/aromatic N) is 2. The Morgan fingerprint density at radius 2 is 0.757 bits per heavy atom. The van der Waals surface area contributed by atoms with Crippen LogP contribution in [0.3, 0.4) is 0 Å². The number of carbonyl (C=O) groups is 2. The van der Waals surface area contributed by atoms with Crippen molar-refractivity contribution >= 4 is 69.6 Å². The number of hydrogen-bond acceptors (Lipinski definition) is 4. The number of halogens is 4. The van der Waals surface area contributed by atoms with Gasteiger partial charge in [0, 0.05) is 11.4 Å². The van der Waals surface area contributed by atoms with Gasteiger partial charge in [-0.3, -0.25) is 9.59 Å². The van der Waals surface area contributed by atoms with E-state index in [4.69, 9.17) is 46.4 Å². The predicted molar refractivity (Wildman–Crippen MR) is 146 cm³/mol. The molecule has 4 rings (SSSR count). The van der Waals surface area contributed by atoms with Gasteiger partial charge in [-0.1, -0.05) is 94.9 Å². The molecule has 0 N–H and O–H groups in total. The number of carbonyl (C=O) groups excluding carboxylic acids is 2. The van der Waals surface area contributed by atoms with Gasteiger partial charge in [0.25, 0.3) is 11.8 Å². The summed E-state index contributed by atoms with van der Waals surface area (Å²) in [5, 5.41) is 25.0. The van der Waals surface area contributed by atoms with Gasteiger partial charge in [-0.25, -0.2) is 0 Å². The SMILES string of the molecule is O=C(c1c(Cl)cccc1Cl)N([O-])c1ccccc1.O=C(c1c(Cl)cccc1Cl)N([O-])c1ccccc1.[Pd+2]. The van der Waals surface area contributed by atoms with E-state index >= 15 is 0 Å². The molecule has 4 aromatic rings. The van der Waals surface area contributed by atoms with Crippen molar-refractivity contribution < 1.29 is 30.0 Å². The molecular weight excluding hydrogens is 653 g/mol. The summed E-state index contributed by atoms with van der Waals surface area (Å²) >= 11 is 23.5. The maximum atomic E-state index is 12.0. The second-order valence-electron chi connectivity index (χ2n) is 7.06. The Labute approximate surface area is 247 Å². The van der Waals surface area contributed by atoms with Crippen molar-refractivity contribution in [3.63, 3.8) is 0 Å². The molecule has 11 heteroatoms. The average Bonchev–Trinajstić information content (AvgIpc) is 2.89. The fraction of sp³-hybridized carbons (Fsp3) is 0. The molecule has 0 aromatic heterocycles. The quantitative estimate of drug-likeness (QED) is 0.162. The van der Waals surface area contributed by atoms with Crippen molar-refractivity contribution in [2.45, 2.75) is 0 Å². The van der Waals surface area contributed by atoms with Crippen molar-refractivity contribution in [3.8, 4) is 0 Å². The van der Waals surface area contributed by atoms with Crippen molar-refractivity contribution in [2.24, 2.45) is 0 Å². The Balaban J connectivity index is 0.000000253. The first-order valence-electron chi connectivity index (χ1n) is 10.2. The van der Waals surface area contributed by atoms with Gasteiger partial charge in [-0.05, 0) is 48.5 Å². The van der Waals surface area contributed by atoms with Gasteiger partial charge in [0.15, 0.2) is 0 Å². The maximum Gasteiger partial charge on any atom is 2.00 e. The molecule has 0 radical (unpaired) electrons. The largest absolute Gasteiger partial charge is 2.00 e. The molecule has 2 amide bonds. The third-order valence-corrected chi connectivity index (χ3v) is 5.96. The Morgan fingerprint density at radius 1 is 0.486 bits per heavy atom. The van der Waals surface area contributed by atoms with Crippen LogP contribution in [-0.4, -0.2) is 11.8 Å². The van der Waals surface area contributed by atoms with Crippen LogP contribution in [0.4, 0.5) is 11.4 Å². The van der Waals surface area contributed by atoms with Gasteiger partial charge >= 0.3 is 20.4 Å². The molecule has 0 bridgehead atoms. The molecule has 37 heavy (non-hydrogen) atoms. The zero-order chi connectivity index (χ0) is 26.2. The van der Waals surface area contributed by atoms with Crippen LogP contribution in [0.25, 0.3) is 0 Å². The van der Waals surface area contributed by atoms with E-state index in [1.807, 2.05) is 0 Å². The minimum Gasteiger partial charge on any atom is -0.751 e. The summed E-state index contributed by atoms with van der Waals surface area (Å²) in [6.07, 6.45) is 0. The molecular formula is C26H16Cl4N2O4Pd. The van der Waals surface area contributed by atoms with Gasteiger partial charge in [-0.2, -0.15) is 0 Å². The zero-order valence-electron chi connectivity index (χ0n) is 18.6. The first-order chi connectivity index (χ1) is 17.2. The van der Waals surface area contributed by atoms with Crippen LogP contribution in [0, 0.1) is 10.4 Å². The number of rotatable bonds is 4. The number of hydrogen-bond donors (Lipinski definition) is 0. The van der Waals surface area contributed by atoms with Gasteiger partial charge in [0.05, 0.1) is 31.2 Å². The first-order valence-corrected chi connectivity index (χ1v) is 11.7. The molecule has 0 fully saturated rings. The Bertz CT molecular complexity index is 1220. The summed E-state index contributed by atoms with van der Waals surface area (Å²) in [5.74, 6) is -1.56. The van der Waals surface area contributed by atoms with E-state index in [2.05, 4.69) is 0 Å². The molecule has 0 heterocycles. The Morgan fingerprint density at radius 3 is 1.03 bits per heavy atom. The van der Waals surface area contributed by atoms with Gasteiger partial charge in [-0.15, -0.1) is 0 Å². The Kier molecular flexibility index (Phi) is 12.1. The normalized spacial score (nSPS) is 9.89. The second kappa shape index (κ2) is 14.5. The van der Waals surface area contributed by atoms with Crippen LogP contribution in [0.1, 0.15) is 20.7 Å². The summed E-state index contributed by atoms with van der Waals surface area (Å²) in [5.41, 5.74) is 0.497. The van der Waals surface area contributed by atoms with Crippen molar-refractivity contribution in [2.75, 3.05) is 10.1 Å². The van der Waals surface area contributed by atoms with Crippen LogP contribution in [0.15, 0.2) is 97.1 Å². The van der Waals surface area contributed by atoms with Gasteiger partial charge in [0.2, 0.25) is 0 Å². The van der Waals surface area contributed by atoms with Crippen LogP contribution in [0.2, 0.25) is 20.1 Å². The van der Waals surface area contributed by atoms with E-state index in [1.165, 1.54) is 48.5 Å². The summed E-state index contributed by atoms with van der Waals surface area (Å²) in [4.78, 5) is 24.1. The van der Waals surface area contributed by atoms with Crippen LogP contribution in [0.5, 0.6) is 0 Å². The third kappa shape index (κ3) is 7.78. The van der Waals surface area contributed by atoms with Crippen LogP contribution >= 0.6 is 46.4 Å². The second-order valence-corrected chi connectivity index (χ2v) is 8.69. The smallest absolute Gasteiger partial charge is 0.751 e. The predicted octanol–water partition coefficient (Wildman–Crippen LogP) is 8.27. The van der Waals surface area contributed by atoms with Crippen LogP contribution < -0.4 is 10.1 Å². The van der Waals surface area contributed by atoms with Crippen LogP contribution in [-0.2, 0) is 20.4 Å². The third-order valence-electron chi connectivity index (χ3n) is 4.70. The molecule has 0 aliphatic carbocycles. The van der Waals surface area contributed by atoms with E-state index < -0.39 is 11.8 Å². The van der Waals surface area contributed by atoms with E-state index in [9.17, 15) is 20.0 Å². The molecule has 0 saturated carbocycles. The summed E-state index contributed by atoms with van der Waals surface area (Å²) in [6, 6.07) is 25.6. The van der Waals surface area contributed by atoms with Gasteiger partial charge < -0.3 is 20.5 Å². The minimum absolute atomic E-state index is 0. The molecule has 0 aliphatic rings. The zero-order valence-corrected chi connectivity index (χ0v) is 23.2. The topological polar surface area (TPSA) is 86.7 Å². The summed E-state index contributed by atoms with van der Waals surface area (Å²) in [7, 11) is 0. The molecule has 0 saturated heterocycles. The van der Waals surface area contributed by atoms with E-state index in [0.29, 0.717) is 0 Å². The fourth-order valence-corrected chi connectivity index (χ4v) is 4.09. The van der Waals surface area contributed by atoms with Crippen molar-refractivity contribution in [1.82, 2.24) is 0 Å². The standard InChI is InChI=1S/2C13H8Cl2NO2.Pd/c2*14-10-7-4-8-11(15)12(10)13(17)16(18)9-5-2-1-3-6-9;/h2*1-8H;/q2*-1;+2.